The Morgan fingerprint density at radius 2 is 1.62 bits per heavy atom. The largest absolute Gasteiger partial charge is 0.444 e. The van der Waals surface area contributed by atoms with Gasteiger partial charge in [0.05, 0.1) is 17.9 Å². The zero-order chi connectivity index (χ0) is 33.6. The first-order valence-electron chi connectivity index (χ1n) is 16.0. The van der Waals surface area contributed by atoms with E-state index in [4.69, 9.17) is 14.2 Å². The van der Waals surface area contributed by atoms with Gasteiger partial charge >= 0.3 is 6.09 Å². The van der Waals surface area contributed by atoms with Gasteiger partial charge in [-0.3, -0.25) is 9.78 Å². The average molecular weight is 654 g/mol. The van der Waals surface area contributed by atoms with Gasteiger partial charge in [-0.05, 0) is 80.1 Å². The summed E-state index contributed by atoms with van der Waals surface area (Å²) in [7, 11) is 0. The maximum absolute atomic E-state index is 15.4. The Kier molecular flexibility index (Phi) is 11.0. The second kappa shape index (κ2) is 15.0. The molecule has 3 heterocycles. The van der Waals surface area contributed by atoms with E-state index in [0.29, 0.717) is 54.9 Å². The fourth-order valence-electron chi connectivity index (χ4n) is 6.34. The van der Waals surface area contributed by atoms with E-state index in [0.717, 1.165) is 25.6 Å². The highest BCUT2D eigenvalue weighted by molar-refractivity contribution is 5.91. The van der Waals surface area contributed by atoms with Crippen LogP contribution in [0.5, 0.6) is 0 Å². The highest BCUT2D eigenvalue weighted by atomic mass is 19.1. The number of nitrogens with one attached hydrogen (secondary N) is 2. The molecule has 0 bridgehead atoms. The SMILES string of the molecule is CC(C)(C)OC(=O)N[C@H](C(=O)Cc1cncc(F)c1CC[C@@H]1CNCC2(CCOCC2)O1)C(c1ccc(F)cc1)c1ccc(F)cc1. The number of ketones is 1. The highest BCUT2D eigenvalue weighted by Crippen LogP contribution is 2.32. The molecule has 0 saturated carbocycles. The molecule has 2 fully saturated rings. The molecule has 0 unspecified atom stereocenters. The first kappa shape index (κ1) is 34.5. The molecule has 3 aromatic rings. The van der Waals surface area contributed by atoms with Crippen LogP contribution in [0, 0.1) is 17.5 Å². The standard InChI is InChI=1S/C36H42F3N3O5/c1-35(2,3)47-34(44)42-33(32(23-4-8-26(37)9-5-23)24-6-10-27(38)11-7-24)31(43)18-25-19-40-21-30(39)29(25)13-12-28-20-41-22-36(46-28)14-16-45-17-15-36/h4-11,19,21,28,32-33,41H,12-18,20,22H2,1-3H3,(H,42,44)/t28-,33-/m1/s1. The topological polar surface area (TPSA) is 98.8 Å². The number of benzene rings is 2. The van der Waals surface area contributed by atoms with Gasteiger partial charge in [0, 0.05) is 57.7 Å². The monoisotopic (exact) mass is 653 g/mol. The van der Waals surface area contributed by atoms with Gasteiger partial charge in [0.25, 0.3) is 0 Å². The van der Waals surface area contributed by atoms with Gasteiger partial charge in [-0.15, -0.1) is 0 Å². The number of pyridine rings is 1. The lowest BCUT2D eigenvalue weighted by Crippen LogP contribution is -2.56. The van der Waals surface area contributed by atoms with E-state index in [2.05, 4.69) is 15.6 Å². The van der Waals surface area contributed by atoms with Crippen LogP contribution in [-0.2, 0) is 31.8 Å². The van der Waals surface area contributed by atoms with Crippen LogP contribution in [0.1, 0.15) is 68.2 Å². The summed E-state index contributed by atoms with van der Waals surface area (Å²) >= 11 is 0. The molecule has 2 aliphatic heterocycles. The minimum Gasteiger partial charge on any atom is -0.444 e. The van der Waals surface area contributed by atoms with Crippen molar-refractivity contribution in [1.82, 2.24) is 15.6 Å². The second-order valence-corrected chi connectivity index (χ2v) is 13.3. The number of carbonyl (C=O) groups excluding carboxylic acids is 2. The lowest BCUT2D eigenvalue weighted by atomic mass is 9.81. The molecule has 1 amide bonds. The summed E-state index contributed by atoms with van der Waals surface area (Å²) in [5, 5.41) is 6.17. The molecule has 2 saturated heterocycles. The number of hydrogen-bond donors (Lipinski definition) is 2. The average Bonchev–Trinajstić information content (AvgIpc) is 3.02. The molecule has 2 atom stereocenters. The highest BCUT2D eigenvalue weighted by Gasteiger charge is 2.39. The molecule has 2 aromatic carbocycles. The summed E-state index contributed by atoms with van der Waals surface area (Å²) in [5.41, 5.74) is 0.584. The molecule has 1 spiro atoms. The zero-order valence-corrected chi connectivity index (χ0v) is 27.0. The predicted octanol–water partition coefficient (Wildman–Crippen LogP) is 5.81. The van der Waals surface area contributed by atoms with Crippen molar-refractivity contribution in [2.24, 2.45) is 0 Å². The number of carbonyl (C=O) groups is 2. The van der Waals surface area contributed by atoms with E-state index in [9.17, 15) is 18.4 Å². The fourth-order valence-corrected chi connectivity index (χ4v) is 6.34. The van der Waals surface area contributed by atoms with E-state index < -0.39 is 46.9 Å². The third kappa shape index (κ3) is 9.18. The van der Waals surface area contributed by atoms with E-state index >= 15 is 4.39 Å². The van der Waals surface area contributed by atoms with Gasteiger partial charge in [0.1, 0.15) is 29.1 Å². The normalized spacial score (nSPS) is 18.6. The van der Waals surface area contributed by atoms with Gasteiger partial charge in [0.15, 0.2) is 5.78 Å². The van der Waals surface area contributed by atoms with Gasteiger partial charge in [-0.1, -0.05) is 24.3 Å². The van der Waals surface area contributed by atoms with Crippen molar-refractivity contribution in [1.29, 1.82) is 0 Å². The lowest BCUT2D eigenvalue weighted by molar-refractivity contribution is -0.160. The maximum atomic E-state index is 15.4. The van der Waals surface area contributed by atoms with Crippen LogP contribution in [0.15, 0.2) is 60.9 Å². The third-order valence-electron chi connectivity index (χ3n) is 8.63. The number of ether oxygens (including phenoxy) is 3. The number of rotatable bonds is 10. The minimum atomic E-state index is -1.24. The molecular formula is C36H42F3N3O5. The predicted molar refractivity (Wildman–Crippen MR) is 170 cm³/mol. The molecule has 11 heteroatoms. The number of nitrogens with zero attached hydrogens (tertiary/aromatic N) is 1. The molecule has 2 aliphatic rings. The molecule has 0 radical (unpaired) electrons. The number of Topliss-reactive ketones (excluding diaryl/α,β-unsaturated/α-hetero) is 1. The first-order chi connectivity index (χ1) is 22.4. The Morgan fingerprint density at radius 3 is 2.21 bits per heavy atom. The van der Waals surface area contributed by atoms with Crippen molar-refractivity contribution >= 4 is 11.9 Å². The number of morpholine rings is 1. The Balaban J connectivity index is 1.43. The quantitative estimate of drug-likeness (QED) is 0.285. The minimum absolute atomic E-state index is 0.152. The van der Waals surface area contributed by atoms with Crippen LogP contribution < -0.4 is 10.6 Å². The maximum Gasteiger partial charge on any atom is 0.408 e. The molecule has 1 aromatic heterocycles. The van der Waals surface area contributed by atoms with E-state index in [1.165, 1.54) is 54.7 Å². The van der Waals surface area contributed by atoms with E-state index in [1.54, 1.807) is 20.8 Å². The van der Waals surface area contributed by atoms with Crippen molar-refractivity contribution in [3.8, 4) is 0 Å². The second-order valence-electron chi connectivity index (χ2n) is 13.3. The van der Waals surface area contributed by atoms with Crippen LogP contribution in [-0.4, -0.2) is 66.5 Å². The van der Waals surface area contributed by atoms with Crippen LogP contribution in [0.2, 0.25) is 0 Å². The Bertz CT molecular complexity index is 1470. The smallest absolute Gasteiger partial charge is 0.408 e. The number of alkyl carbamates (subject to hydrolysis) is 1. The summed E-state index contributed by atoms with van der Waals surface area (Å²) in [6.07, 6.45) is 3.73. The zero-order valence-electron chi connectivity index (χ0n) is 27.0. The summed E-state index contributed by atoms with van der Waals surface area (Å²) in [6.45, 7) is 7.72. The molecular weight excluding hydrogens is 611 g/mol. The van der Waals surface area contributed by atoms with Crippen LogP contribution in [0.25, 0.3) is 0 Å². The Hall–Kier alpha value is -3.80. The van der Waals surface area contributed by atoms with Crippen LogP contribution >= 0.6 is 0 Å². The molecule has 5 rings (SSSR count). The molecule has 47 heavy (non-hydrogen) atoms. The third-order valence-corrected chi connectivity index (χ3v) is 8.63. The number of aromatic nitrogens is 1. The van der Waals surface area contributed by atoms with E-state index in [-0.39, 0.29) is 18.1 Å². The van der Waals surface area contributed by atoms with Crippen molar-refractivity contribution in [2.75, 3.05) is 26.3 Å². The van der Waals surface area contributed by atoms with Gasteiger partial charge in [-0.25, -0.2) is 18.0 Å². The fraction of sp³-hybridized carbons (Fsp3) is 0.472. The Labute approximate surface area is 273 Å². The lowest BCUT2D eigenvalue weighted by Gasteiger charge is -2.44. The van der Waals surface area contributed by atoms with Crippen molar-refractivity contribution in [2.45, 2.75) is 82.1 Å². The summed E-state index contributed by atoms with van der Waals surface area (Å²) < 4.78 is 60.8. The van der Waals surface area contributed by atoms with Gasteiger partial charge in [0.2, 0.25) is 0 Å². The van der Waals surface area contributed by atoms with Crippen LogP contribution in [0.3, 0.4) is 0 Å². The molecule has 252 valence electrons. The van der Waals surface area contributed by atoms with Crippen molar-refractivity contribution in [3.05, 3.63) is 101 Å². The van der Waals surface area contributed by atoms with Crippen LogP contribution in [0.4, 0.5) is 18.0 Å². The van der Waals surface area contributed by atoms with Crippen molar-refractivity contribution < 1.29 is 37.0 Å². The van der Waals surface area contributed by atoms with Gasteiger partial charge < -0.3 is 24.8 Å². The summed E-state index contributed by atoms with van der Waals surface area (Å²) in [6, 6.07) is 9.82. The van der Waals surface area contributed by atoms with Crippen molar-refractivity contribution in [3.63, 3.8) is 0 Å². The number of halogens is 3. The number of hydrogen-bond acceptors (Lipinski definition) is 7. The first-order valence-corrected chi connectivity index (χ1v) is 16.0. The molecule has 0 aliphatic carbocycles. The van der Waals surface area contributed by atoms with E-state index in [1.807, 2.05) is 0 Å². The summed E-state index contributed by atoms with van der Waals surface area (Å²) in [5.74, 6) is -2.81. The Morgan fingerprint density at radius 1 is 1.00 bits per heavy atom. The molecule has 8 nitrogen and oxygen atoms in total. The van der Waals surface area contributed by atoms with Gasteiger partial charge in [-0.2, -0.15) is 0 Å². The number of amides is 1. The summed E-state index contributed by atoms with van der Waals surface area (Å²) in [4.78, 5) is 31.4. The molecule has 2 N–H and O–H groups in total.